The number of fused-ring (bicyclic) bond motifs is 1. The number of nitrogens with two attached hydrogens (primary N) is 1. The Labute approximate surface area is 117 Å². The van der Waals surface area contributed by atoms with Crippen molar-refractivity contribution in [3.63, 3.8) is 0 Å². The summed E-state index contributed by atoms with van der Waals surface area (Å²) in [6, 6.07) is 16.9. The normalized spacial score (nSPS) is 10.9. The Morgan fingerprint density at radius 3 is 2.45 bits per heavy atom. The van der Waals surface area contributed by atoms with Crippen LogP contribution in [0.1, 0.15) is 12.5 Å². The summed E-state index contributed by atoms with van der Waals surface area (Å²) in [5.41, 5.74) is 10.00. The Hall–Kier alpha value is -2.35. The molecule has 0 heterocycles. The zero-order chi connectivity index (χ0) is 14.1. The average molecular weight is 265 g/mol. The van der Waals surface area contributed by atoms with Crippen LogP contribution >= 0.6 is 0 Å². The van der Waals surface area contributed by atoms with E-state index >= 15 is 0 Å². The summed E-state index contributed by atoms with van der Waals surface area (Å²) < 4.78 is 13.9. The summed E-state index contributed by atoms with van der Waals surface area (Å²) >= 11 is 0. The first kappa shape index (κ1) is 12.7. The molecule has 0 aliphatic carbocycles. The van der Waals surface area contributed by atoms with Crippen LogP contribution in [0.3, 0.4) is 0 Å². The minimum atomic E-state index is -0.185. The molecule has 0 aromatic heterocycles. The van der Waals surface area contributed by atoms with Gasteiger partial charge in [0.1, 0.15) is 5.82 Å². The standard InChI is InChI=1S/C18H16FN/c1-2-12-11-13(7-10-18(12)20)14-8-9-17(19)16-6-4-3-5-15(14)16/h3-11H,2,20H2,1H3. The molecule has 0 bridgehead atoms. The zero-order valence-corrected chi connectivity index (χ0v) is 11.4. The third-order valence-corrected chi connectivity index (χ3v) is 3.71. The van der Waals surface area contributed by atoms with Crippen LogP contribution < -0.4 is 5.73 Å². The topological polar surface area (TPSA) is 26.0 Å². The van der Waals surface area contributed by atoms with Crippen LogP contribution in [0.25, 0.3) is 21.9 Å². The highest BCUT2D eigenvalue weighted by Gasteiger charge is 2.08. The lowest BCUT2D eigenvalue weighted by atomic mass is 9.95. The molecule has 0 aliphatic rings. The highest BCUT2D eigenvalue weighted by atomic mass is 19.1. The second-order valence-corrected chi connectivity index (χ2v) is 4.91. The van der Waals surface area contributed by atoms with E-state index in [0.29, 0.717) is 5.39 Å². The van der Waals surface area contributed by atoms with Crippen molar-refractivity contribution in [2.24, 2.45) is 0 Å². The molecule has 3 aromatic carbocycles. The van der Waals surface area contributed by atoms with Gasteiger partial charge < -0.3 is 5.73 Å². The summed E-state index contributed by atoms with van der Waals surface area (Å²) in [6.45, 7) is 2.08. The van der Waals surface area contributed by atoms with Gasteiger partial charge in [-0.1, -0.05) is 43.3 Å². The van der Waals surface area contributed by atoms with Crippen molar-refractivity contribution in [2.75, 3.05) is 5.73 Å². The van der Waals surface area contributed by atoms with Gasteiger partial charge in [0.15, 0.2) is 0 Å². The Kier molecular flexibility index (Phi) is 3.15. The highest BCUT2D eigenvalue weighted by molar-refractivity contribution is 5.97. The molecule has 2 heteroatoms. The molecular formula is C18H16FN. The fourth-order valence-corrected chi connectivity index (χ4v) is 2.59. The van der Waals surface area contributed by atoms with Gasteiger partial charge in [-0.3, -0.25) is 0 Å². The van der Waals surface area contributed by atoms with Gasteiger partial charge >= 0.3 is 0 Å². The molecule has 0 amide bonds. The molecule has 1 nitrogen and oxygen atoms in total. The first-order chi connectivity index (χ1) is 9.70. The maximum atomic E-state index is 13.9. The molecule has 3 aromatic rings. The molecule has 0 radical (unpaired) electrons. The number of anilines is 1. The molecule has 0 saturated carbocycles. The molecule has 0 spiro atoms. The van der Waals surface area contributed by atoms with Gasteiger partial charge in [-0.05, 0) is 46.7 Å². The van der Waals surface area contributed by atoms with E-state index < -0.39 is 0 Å². The Morgan fingerprint density at radius 1 is 0.950 bits per heavy atom. The third-order valence-electron chi connectivity index (χ3n) is 3.71. The first-order valence-electron chi connectivity index (χ1n) is 6.76. The van der Waals surface area contributed by atoms with Gasteiger partial charge in [0.05, 0.1) is 0 Å². The number of rotatable bonds is 2. The summed E-state index contributed by atoms with van der Waals surface area (Å²) in [6.07, 6.45) is 0.888. The largest absolute Gasteiger partial charge is 0.399 e. The second-order valence-electron chi connectivity index (χ2n) is 4.91. The molecule has 0 saturated heterocycles. The van der Waals surface area contributed by atoms with Crippen molar-refractivity contribution in [1.29, 1.82) is 0 Å². The maximum absolute atomic E-state index is 13.9. The van der Waals surface area contributed by atoms with Crippen molar-refractivity contribution in [1.82, 2.24) is 0 Å². The minimum Gasteiger partial charge on any atom is -0.399 e. The van der Waals surface area contributed by atoms with E-state index in [2.05, 4.69) is 13.0 Å². The number of halogens is 1. The molecule has 0 fully saturated rings. The molecule has 2 N–H and O–H groups in total. The van der Waals surface area contributed by atoms with Gasteiger partial charge in [0, 0.05) is 11.1 Å². The molecule has 20 heavy (non-hydrogen) atoms. The summed E-state index contributed by atoms with van der Waals surface area (Å²) in [5, 5.41) is 1.58. The van der Waals surface area contributed by atoms with Gasteiger partial charge in [-0.25, -0.2) is 4.39 Å². The van der Waals surface area contributed by atoms with Crippen LogP contribution in [0.5, 0.6) is 0 Å². The van der Waals surface area contributed by atoms with E-state index in [1.165, 1.54) is 6.07 Å². The van der Waals surface area contributed by atoms with Gasteiger partial charge in [-0.15, -0.1) is 0 Å². The van der Waals surface area contributed by atoms with Crippen LogP contribution in [0.4, 0.5) is 10.1 Å². The SMILES string of the molecule is CCc1cc(-c2ccc(F)c3ccccc23)ccc1N. The maximum Gasteiger partial charge on any atom is 0.131 e. The predicted octanol–water partition coefficient (Wildman–Crippen LogP) is 4.79. The highest BCUT2D eigenvalue weighted by Crippen LogP contribution is 2.31. The number of hydrogen-bond donors (Lipinski definition) is 1. The van der Waals surface area contributed by atoms with E-state index in [1.807, 2.05) is 42.5 Å². The van der Waals surface area contributed by atoms with E-state index in [4.69, 9.17) is 5.73 Å². The smallest absolute Gasteiger partial charge is 0.131 e. The van der Waals surface area contributed by atoms with Crippen LogP contribution in [-0.4, -0.2) is 0 Å². The number of aryl methyl sites for hydroxylation is 1. The Bertz CT molecular complexity index is 777. The molecule has 0 unspecified atom stereocenters. The number of benzene rings is 3. The Balaban J connectivity index is 2.27. The fraction of sp³-hybridized carbons (Fsp3) is 0.111. The van der Waals surface area contributed by atoms with Crippen LogP contribution in [0, 0.1) is 5.82 Å². The molecule has 3 rings (SSSR count). The van der Waals surface area contributed by atoms with Crippen molar-refractivity contribution < 1.29 is 4.39 Å². The van der Waals surface area contributed by atoms with E-state index in [0.717, 1.165) is 34.2 Å². The molecule has 0 atom stereocenters. The van der Waals surface area contributed by atoms with Gasteiger partial charge in [0.25, 0.3) is 0 Å². The van der Waals surface area contributed by atoms with Crippen molar-refractivity contribution in [3.8, 4) is 11.1 Å². The Morgan fingerprint density at radius 2 is 1.70 bits per heavy atom. The van der Waals surface area contributed by atoms with E-state index in [9.17, 15) is 4.39 Å². The van der Waals surface area contributed by atoms with Gasteiger partial charge in [0.2, 0.25) is 0 Å². The summed E-state index contributed by atoms with van der Waals surface area (Å²) in [5.74, 6) is -0.185. The number of hydrogen-bond acceptors (Lipinski definition) is 1. The molecule has 0 aliphatic heterocycles. The third kappa shape index (κ3) is 2.03. The van der Waals surface area contributed by atoms with Gasteiger partial charge in [-0.2, -0.15) is 0 Å². The van der Waals surface area contributed by atoms with Crippen molar-refractivity contribution >= 4 is 16.5 Å². The molecule has 100 valence electrons. The lowest BCUT2D eigenvalue weighted by Crippen LogP contribution is -1.93. The fourth-order valence-electron chi connectivity index (χ4n) is 2.59. The van der Waals surface area contributed by atoms with E-state index in [-0.39, 0.29) is 5.82 Å². The van der Waals surface area contributed by atoms with E-state index in [1.54, 1.807) is 0 Å². The predicted molar refractivity (Wildman–Crippen MR) is 83.1 cm³/mol. The first-order valence-corrected chi connectivity index (χ1v) is 6.76. The van der Waals surface area contributed by atoms with Crippen LogP contribution in [0.2, 0.25) is 0 Å². The number of nitrogen functional groups attached to an aromatic ring is 1. The quantitative estimate of drug-likeness (QED) is 0.662. The lowest BCUT2D eigenvalue weighted by Gasteiger charge is -2.10. The summed E-state index contributed by atoms with van der Waals surface area (Å²) in [4.78, 5) is 0. The monoisotopic (exact) mass is 265 g/mol. The second kappa shape index (κ2) is 4.97. The average Bonchev–Trinajstić information content (AvgIpc) is 2.49. The van der Waals surface area contributed by atoms with Crippen molar-refractivity contribution in [3.05, 3.63) is 66.0 Å². The van der Waals surface area contributed by atoms with Crippen molar-refractivity contribution in [2.45, 2.75) is 13.3 Å². The van der Waals surface area contributed by atoms with Crippen LogP contribution in [-0.2, 0) is 6.42 Å². The molecular weight excluding hydrogens is 249 g/mol. The lowest BCUT2D eigenvalue weighted by molar-refractivity contribution is 0.640. The zero-order valence-electron chi connectivity index (χ0n) is 11.4. The van der Waals surface area contributed by atoms with Crippen LogP contribution in [0.15, 0.2) is 54.6 Å². The summed E-state index contributed by atoms with van der Waals surface area (Å²) in [7, 11) is 0. The minimum absolute atomic E-state index is 0.185.